The van der Waals surface area contributed by atoms with Gasteiger partial charge in [0, 0.05) is 0 Å². The summed E-state index contributed by atoms with van der Waals surface area (Å²) in [6.45, 7) is 1.50. The van der Waals surface area contributed by atoms with Gasteiger partial charge in [0.25, 0.3) is 0 Å². The normalized spacial score (nSPS) is 14.5. The fourth-order valence-corrected chi connectivity index (χ4v) is 1.14. The van der Waals surface area contributed by atoms with E-state index >= 15 is 0 Å². The van der Waals surface area contributed by atoms with Crippen molar-refractivity contribution < 1.29 is 15.3 Å². The zero-order valence-corrected chi connectivity index (χ0v) is 8.24. The second kappa shape index (κ2) is 6.32. The fraction of sp³-hybridized carbons (Fsp3) is 1.00. The molecular weight excluding hydrogens is 170 g/mol. The lowest BCUT2D eigenvalue weighted by Crippen LogP contribution is -2.47. The molecule has 0 aromatic rings. The Kier molecular flexibility index (Phi) is 6.24. The standard InChI is InChI=1S/C9H21NO3/c1-2-3-8(13)4-5-9(10,6-11)7-12/h8,11-13H,2-7,10H2,1H3. The molecule has 4 heteroatoms. The third kappa shape index (κ3) is 5.21. The van der Waals surface area contributed by atoms with Crippen molar-refractivity contribution in [2.24, 2.45) is 5.73 Å². The molecule has 0 aromatic heterocycles. The van der Waals surface area contributed by atoms with E-state index in [1.165, 1.54) is 0 Å². The molecule has 0 aliphatic carbocycles. The average molecular weight is 191 g/mol. The summed E-state index contributed by atoms with van der Waals surface area (Å²) in [4.78, 5) is 0. The van der Waals surface area contributed by atoms with E-state index < -0.39 is 5.54 Å². The molecule has 4 nitrogen and oxygen atoms in total. The van der Waals surface area contributed by atoms with Crippen molar-refractivity contribution in [1.82, 2.24) is 0 Å². The highest BCUT2D eigenvalue weighted by molar-refractivity contribution is 4.83. The van der Waals surface area contributed by atoms with E-state index in [9.17, 15) is 5.11 Å². The van der Waals surface area contributed by atoms with Crippen LogP contribution in [0.1, 0.15) is 32.6 Å². The van der Waals surface area contributed by atoms with Crippen LogP contribution >= 0.6 is 0 Å². The third-order valence-electron chi connectivity index (χ3n) is 2.23. The second-order valence-electron chi connectivity index (χ2n) is 3.66. The van der Waals surface area contributed by atoms with Gasteiger partial charge in [-0.3, -0.25) is 0 Å². The van der Waals surface area contributed by atoms with Gasteiger partial charge in [-0.05, 0) is 19.3 Å². The minimum Gasteiger partial charge on any atom is -0.394 e. The molecule has 0 aromatic carbocycles. The quantitative estimate of drug-likeness (QED) is 0.441. The van der Waals surface area contributed by atoms with Crippen LogP contribution in [-0.4, -0.2) is 40.2 Å². The third-order valence-corrected chi connectivity index (χ3v) is 2.23. The molecule has 0 saturated carbocycles. The zero-order chi connectivity index (χ0) is 10.3. The van der Waals surface area contributed by atoms with Crippen molar-refractivity contribution in [2.75, 3.05) is 13.2 Å². The summed E-state index contributed by atoms with van der Waals surface area (Å²) in [6.07, 6.45) is 2.28. The van der Waals surface area contributed by atoms with Crippen molar-refractivity contribution in [3.8, 4) is 0 Å². The molecule has 80 valence electrons. The van der Waals surface area contributed by atoms with Crippen LogP contribution in [0.15, 0.2) is 0 Å². The van der Waals surface area contributed by atoms with Gasteiger partial charge in [0.15, 0.2) is 0 Å². The van der Waals surface area contributed by atoms with Gasteiger partial charge in [-0.1, -0.05) is 13.3 Å². The van der Waals surface area contributed by atoms with Crippen molar-refractivity contribution in [3.05, 3.63) is 0 Å². The van der Waals surface area contributed by atoms with Gasteiger partial charge in [0.05, 0.1) is 24.9 Å². The van der Waals surface area contributed by atoms with Gasteiger partial charge in [0.2, 0.25) is 0 Å². The fourth-order valence-electron chi connectivity index (χ4n) is 1.14. The van der Waals surface area contributed by atoms with Crippen LogP contribution in [0.4, 0.5) is 0 Å². The summed E-state index contributed by atoms with van der Waals surface area (Å²) in [5, 5.41) is 27.1. The van der Waals surface area contributed by atoms with E-state index in [4.69, 9.17) is 15.9 Å². The number of nitrogens with two attached hydrogens (primary N) is 1. The Morgan fingerprint density at radius 3 is 2.15 bits per heavy atom. The number of hydrogen-bond donors (Lipinski definition) is 4. The molecule has 5 N–H and O–H groups in total. The summed E-state index contributed by atoms with van der Waals surface area (Å²) in [5.74, 6) is 0. The van der Waals surface area contributed by atoms with Crippen LogP contribution in [0.25, 0.3) is 0 Å². The predicted octanol–water partition coefficient (Wildman–Crippen LogP) is -0.390. The number of hydrogen-bond acceptors (Lipinski definition) is 4. The highest BCUT2D eigenvalue weighted by Crippen LogP contribution is 2.12. The predicted molar refractivity (Wildman–Crippen MR) is 51.2 cm³/mol. The van der Waals surface area contributed by atoms with Crippen LogP contribution in [0, 0.1) is 0 Å². The summed E-state index contributed by atoms with van der Waals surface area (Å²) in [7, 11) is 0. The summed E-state index contributed by atoms with van der Waals surface area (Å²) in [5.41, 5.74) is 4.69. The Balaban J connectivity index is 3.71. The first-order valence-corrected chi connectivity index (χ1v) is 4.76. The maximum Gasteiger partial charge on any atom is 0.0633 e. The Bertz CT molecular complexity index is 126. The highest BCUT2D eigenvalue weighted by Gasteiger charge is 2.23. The summed E-state index contributed by atoms with van der Waals surface area (Å²) in [6, 6.07) is 0. The molecule has 1 atom stereocenters. The summed E-state index contributed by atoms with van der Waals surface area (Å²) >= 11 is 0. The van der Waals surface area contributed by atoms with Gasteiger partial charge in [-0.2, -0.15) is 0 Å². The van der Waals surface area contributed by atoms with E-state index in [2.05, 4.69) is 0 Å². The Morgan fingerprint density at radius 1 is 1.23 bits per heavy atom. The van der Waals surface area contributed by atoms with E-state index in [1.807, 2.05) is 6.92 Å². The molecule has 0 amide bonds. The lowest BCUT2D eigenvalue weighted by molar-refractivity contribution is 0.0875. The lowest BCUT2D eigenvalue weighted by atomic mass is 9.94. The highest BCUT2D eigenvalue weighted by atomic mass is 16.3. The van der Waals surface area contributed by atoms with E-state index in [-0.39, 0.29) is 19.3 Å². The molecule has 0 saturated heterocycles. The molecule has 13 heavy (non-hydrogen) atoms. The minimum absolute atomic E-state index is 0.248. The molecule has 1 unspecified atom stereocenters. The first-order chi connectivity index (χ1) is 6.08. The molecule has 0 aliphatic rings. The van der Waals surface area contributed by atoms with Crippen molar-refractivity contribution in [2.45, 2.75) is 44.2 Å². The number of aliphatic hydroxyl groups is 3. The molecule has 0 spiro atoms. The van der Waals surface area contributed by atoms with Gasteiger partial charge in [-0.25, -0.2) is 0 Å². The molecular formula is C9H21NO3. The van der Waals surface area contributed by atoms with Gasteiger partial charge in [-0.15, -0.1) is 0 Å². The minimum atomic E-state index is -0.936. The van der Waals surface area contributed by atoms with Crippen LogP contribution in [0.5, 0.6) is 0 Å². The largest absolute Gasteiger partial charge is 0.394 e. The zero-order valence-electron chi connectivity index (χ0n) is 8.24. The Morgan fingerprint density at radius 2 is 1.77 bits per heavy atom. The first-order valence-electron chi connectivity index (χ1n) is 4.76. The Labute approximate surface area is 79.4 Å². The second-order valence-corrected chi connectivity index (χ2v) is 3.66. The van der Waals surface area contributed by atoms with E-state index in [0.717, 1.165) is 12.8 Å². The lowest BCUT2D eigenvalue weighted by Gasteiger charge is -2.25. The average Bonchev–Trinajstić information content (AvgIpc) is 2.15. The van der Waals surface area contributed by atoms with Crippen molar-refractivity contribution in [3.63, 3.8) is 0 Å². The van der Waals surface area contributed by atoms with Crippen LogP contribution < -0.4 is 5.73 Å². The monoisotopic (exact) mass is 191 g/mol. The molecule has 0 aliphatic heterocycles. The van der Waals surface area contributed by atoms with Crippen molar-refractivity contribution >= 4 is 0 Å². The van der Waals surface area contributed by atoms with Gasteiger partial charge >= 0.3 is 0 Å². The summed E-state index contributed by atoms with van der Waals surface area (Å²) < 4.78 is 0. The molecule has 0 radical (unpaired) electrons. The Hall–Kier alpha value is -0.160. The van der Waals surface area contributed by atoms with Gasteiger partial charge in [0.1, 0.15) is 0 Å². The maximum absolute atomic E-state index is 9.38. The van der Waals surface area contributed by atoms with Crippen LogP contribution in [0.2, 0.25) is 0 Å². The topological polar surface area (TPSA) is 86.7 Å². The maximum atomic E-state index is 9.38. The smallest absolute Gasteiger partial charge is 0.0633 e. The molecule has 0 heterocycles. The van der Waals surface area contributed by atoms with E-state index in [1.54, 1.807) is 0 Å². The first kappa shape index (κ1) is 12.8. The van der Waals surface area contributed by atoms with Crippen LogP contribution in [-0.2, 0) is 0 Å². The number of aliphatic hydroxyl groups excluding tert-OH is 3. The molecule has 0 bridgehead atoms. The number of rotatable bonds is 7. The van der Waals surface area contributed by atoms with Crippen LogP contribution in [0.3, 0.4) is 0 Å². The van der Waals surface area contributed by atoms with Crippen molar-refractivity contribution in [1.29, 1.82) is 0 Å². The van der Waals surface area contributed by atoms with Gasteiger partial charge < -0.3 is 21.1 Å². The molecule has 0 rings (SSSR count). The van der Waals surface area contributed by atoms with E-state index in [0.29, 0.717) is 12.8 Å². The SMILES string of the molecule is CCCC(O)CCC(N)(CO)CO. The molecule has 0 fully saturated rings.